The van der Waals surface area contributed by atoms with Gasteiger partial charge in [-0.25, -0.2) is 0 Å². The Bertz CT molecular complexity index is 152. The van der Waals surface area contributed by atoms with Gasteiger partial charge in [-0.2, -0.15) is 0 Å². The number of rotatable bonds is 6. The molecule has 92 valence electrons. The van der Waals surface area contributed by atoms with Gasteiger partial charge in [0, 0.05) is 0 Å². The highest BCUT2D eigenvalue weighted by molar-refractivity contribution is 4.68. The summed E-state index contributed by atoms with van der Waals surface area (Å²) < 4.78 is 0. The largest absolute Gasteiger partial charge is 0.0651 e. The third-order valence-electron chi connectivity index (χ3n) is 3.69. The van der Waals surface area contributed by atoms with Gasteiger partial charge >= 0.3 is 0 Å². The predicted octanol–water partition coefficient (Wildman–Crippen LogP) is 5.52. The summed E-state index contributed by atoms with van der Waals surface area (Å²) >= 11 is 0. The third kappa shape index (κ3) is 7.88. The maximum atomic E-state index is 2.41. The van der Waals surface area contributed by atoms with Crippen LogP contribution in [0.5, 0.6) is 0 Å². The van der Waals surface area contributed by atoms with Crippen molar-refractivity contribution in [2.75, 3.05) is 0 Å². The molecule has 0 aliphatic carbocycles. The molecule has 15 heavy (non-hydrogen) atoms. The molecule has 0 aromatic carbocycles. The summed E-state index contributed by atoms with van der Waals surface area (Å²) in [5.41, 5.74) is 0.499. The fourth-order valence-corrected chi connectivity index (χ4v) is 2.38. The smallest absolute Gasteiger partial charge is 0.0380 e. The zero-order valence-corrected chi connectivity index (χ0v) is 12.1. The molecule has 0 radical (unpaired) electrons. The van der Waals surface area contributed by atoms with E-state index >= 15 is 0 Å². The van der Waals surface area contributed by atoms with Crippen molar-refractivity contribution in [2.45, 2.75) is 74.1 Å². The van der Waals surface area contributed by atoms with Crippen molar-refractivity contribution in [3.05, 3.63) is 0 Å². The van der Waals surface area contributed by atoms with Crippen molar-refractivity contribution in [1.29, 1.82) is 0 Å². The van der Waals surface area contributed by atoms with Crippen LogP contribution in [0.25, 0.3) is 0 Å². The maximum Gasteiger partial charge on any atom is -0.0380 e. The van der Waals surface area contributed by atoms with Crippen molar-refractivity contribution in [2.24, 2.45) is 23.2 Å². The van der Waals surface area contributed by atoms with Crippen LogP contribution < -0.4 is 0 Å². The zero-order valence-electron chi connectivity index (χ0n) is 12.1. The Morgan fingerprint density at radius 2 is 1.40 bits per heavy atom. The molecule has 0 amide bonds. The molecule has 3 atom stereocenters. The molecule has 0 fully saturated rings. The first kappa shape index (κ1) is 15.0. The normalized spacial score (nSPS) is 18.6. The quantitative estimate of drug-likeness (QED) is 0.543. The fourth-order valence-electron chi connectivity index (χ4n) is 2.38. The van der Waals surface area contributed by atoms with Gasteiger partial charge in [0.05, 0.1) is 0 Å². The molecule has 0 aromatic rings. The second-order valence-electron chi connectivity index (χ2n) is 6.81. The summed E-state index contributed by atoms with van der Waals surface area (Å²) in [6, 6.07) is 0. The first-order chi connectivity index (χ1) is 6.76. The molecule has 0 aliphatic heterocycles. The van der Waals surface area contributed by atoms with Crippen LogP contribution in [0, 0.1) is 23.2 Å². The van der Waals surface area contributed by atoms with Crippen LogP contribution in [0.1, 0.15) is 74.1 Å². The fraction of sp³-hybridized carbons (Fsp3) is 1.00. The van der Waals surface area contributed by atoms with E-state index in [0.29, 0.717) is 5.41 Å². The van der Waals surface area contributed by atoms with Crippen molar-refractivity contribution in [3.8, 4) is 0 Å². The molecule has 0 saturated heterocycles. The van der Waals surface area contributed by atoms with Crippen LogP contribution in [0.4, 0.5) is 0 Å². The van der Waals surface area contributed by atoms with Crippen LogP contribution in [-0.4, -0.2) is 0 Å². The molecule has 0 saturated carbocycles. The monoisotopic (exact) mass is 212 g/mol. The minimum absolute atomic E-state index is 0.499. The molecule has 3 unspecified atom stereocenters. The Morgan fingerprint density at radius 3 is 1.80 bits per heavy atom. The topological polar surface area (TPSA) is 0 Å². The first-order valence-corrected chi connectivity index (χ1v) is 6.76. The lowest BCUT2D eigenvalue weighted by Gasteiger charge is -2.25. The highest BCUT2D eigenvalue weighted by Crippen LogP contribution is 2.29. The highest BCUT2D eigenvalue weighted by Gasteiger charge is 2.17. The van der Waals surface area contributed by atoms with Gasteiger partial charge in [0.1, 0.15) is 0 Å². The summed E-state index contributed by atoms with van der Waals surface area (Å²) in [6.07, 6.45) is 5.50. The summed E-state index contributed by atoms with van der Waals surface area (Å²) in [5.74, 6) is 2.68. The van der Waals surface area contributed by atoms with Gasteiger partial charge in [0.2, 0.25) is 0 Å². The van der Waals surface area contributed by atoms with Crippen LogP contribution in [0.3, 0.4) is 0 Å². The van der Waals surface area contributed by atoms with E-state index in [4.69, 9.17) is 0 Å². The number of hydrogen-bond donors (Lipinski definition) is 0. The second kappa shape index (κ2) is 6.55. The van der Waals surface area contributed by atoms with Gasteiger partial charge in [-0.15, -0.1) is 0 Å². The molecule has 0 bridgehead atoms. The van der Waals surface area contributed by atoms with Gasteiger partial charge < -0.3 is 0 Å². The summed E-state index contributed by atoms with van der Waals surface area (Å²) in [5, 5.41) is 0. The predicted molar refractivity (Wildman–Crippen MR) is 71.1 cm³/mol. The van der Waals surface area contributed by atoms with E-state index in [1.54, 1.807) is 0 Å². The van der Waals surface area contributed by atoms with Crippen LogP contribution in [0.2, 0.25) is 0 Å². The Hall–Kier alpha value is 0. The lowest BCUT2D eigenvalue weighted by atomic mass is 9.81. The first-order valence-electron chi connectivity index (χ1n) is 6.76. The number of hydrogen-bond acceptors (Lipinski definition) is 0. The van der Waals surface area contributed by atoms with E-state index in [2.05, 4.69) is 48.5 Å². The van der Waals surface area contributed by atoms with Crippen LogP contribution in [-0.2, 0) is 0 Å². The van der Waals surface area contributed by atoms with Crippen LogP contribution >= 0.6 is 0 Å². The molecular weight excluding hydrogens is 180 g/mol. The SMILES string of the molecule is CCC(C)C(C)CCC(C)CC(C)(C)C. The molecular formula is C15H32. The minimum atomic E-state index is 0.499. The van der Waals surface area contributed by atoms with E-state index in [-0.39, 0.29) is 0 Å². The van der Waals surface area contributed by atoms with Gasteiger partial charge in [-0.3, -0.25) is 0 Å². The Balaban J connectivity index is 3.76. The summed E-state index contributed by atoms with van der Waals surface area (Å²) in [7, 11) is 0. The molecule has 0 heteroatoms. The van der Waals surface area contributed by atoms with Gasteiger partial charge in [-0.1, -0.05) is 67.7 Å². The summed E-state index contributed by atoms with van der Waals surface area (Å²) in [4.78, 5) is 0. The van der Waals surface area contributed by atoms with Crippen molar-refractivity contribution >= 4 is 0 Å². The molecule has 0 spiro atoms. The van der Waals surface area contributed by atoms with E-state index in [1.807, 2.05) is 0 Å². The molecule has 0 N–H and O–H groups in total. The standard InChI is InChI=1S/C15H32/c1-8-13(3)14(4)10-9-12(2)11-15(5,6)7/h12-14H,8-11H2,1-7H3. The third-order valence-corrected chi connectivity index (χ3v) is 3.69. The zero-order chi connectivity index (χ0) is 12.1. The maximum absolute atomic E-state index is 2.41. The highest BCUT2D eigenvalue weighted by atomic mass is 14.2. The lowest BCUT2D eigenvalue weighted by Crippen LogP contribution is -2.13. The van der Waals surface area contributed by atoms with Gasteiger partial charge in [-0.05, 0) is 29.6 Å². The Morgan fingerprint density at radius 1 is 0.867 bits per heavy atom. The molecule has 0 rings (SSSR count). The second-order valence-corrected chi connectivity index (χ2v) is 6.81. The van der Waals surface area contributed by atoms with Crippen molar-refractivity contribution in [3.63, 3.8) is 0 Å². The molecule has 0 aromatic heterocycles. The summed E-state index contributed by atoms with van der Waals surface area (Å²) in [6.45, 7) is 16.6. The average Bonchev–Trinajstić information content (AvgIpc) is 2.10. The Labute approximate surface area is 97.8 Å². The van der Waals surface area contributed by atoms with Gasteiger partial charge in [0.15, 0.2) is 0 Å². The van der Waals surface area contributed by atoms with Crippen molar-refractivity contribution < 1.29 is 0 Å². The lowest BCUT2D eigenvalue weighted by molar-refractivity contribution is 0.264. The van der Waals surface area contributed by atoms with Crippen LogP contribution in [0.15, 0.2) is 0 Å². The molecule has 0 heterocycles. The minimum Gasteiger partial charge on any atom is -0.0651 e. The molecule has 0 aliphatic rings. The average molecular weight is 212 g/mol. The molecule has 0 nitrogen and oxygen atoms in total. The van der Waals surface area contributed by atoms with E-state index in [1.165, 1.54) is 25.7 Å². The Kier molecular flexibility index (Phi) is 6.55. The van der Waals surface area contributed by atoms with E-state index in [0.717, 1.165) is 17.8 Å². The van der Waals surface area contributed by atoms with Gasteiger partial charge in [0.25, 0.3) is 0 Å². The van der Waals surface area contributed by atoms with E-state index in [9.17, 15) is 0 Å². The van der Waals surface area contributed by atoms with E-state index < -0.39 is 0 Å². The van der Waals surface area contributed by atoms with Crippen molar-refractivity contribution in [1.82, 2.24) is 0 Å².